The predicted molar refractivity (Wildman–Crippen MR) is 192 cm³/mol. The van der Waals surface area contributed by atoms with Gasteiger partial charge in [0.2, 0.25) is 0 Å². The Morgan fingerprint density at radius 1 is 0.447 bits per heavy atom. The molecule has 0 fully saturated rings. The lowest BCUT2D eigenvalue weighted by atomic mass is 9.86. The molecule has 0 amide bonds. The number of benzene rings is 6. The zero-order valence-electron chi connectivity index (χ0n) is 25.3. The van der Waals surface area contributed by atoms with Crippen LogP contribution >= 0.6 is 0 Å². The SMILES string of the molecule is N#Cc1cc(-c2cncc(-c3c4ccccc4c(-c4ccccc4)c4ccccc34)c2)cc(-n2c3ccccc3c3ccncc32)c1. The van der Waals surface area contributed by atoms with E-state index in [-0.39, 0.29) is 0 Å². The highest BCUT2D eigenvalue weighted by molar-refractivity contribution is 6.21. The molecule has 9 aromatic rings. The van der Waals surface area contributed by atoms with Crippen molar-refractivity contribution in [3.05, 3.63) is 164 Å². The average Bonchev–Trinajstić information content (AvgIpc) is 3.48. The molecule has 0 spiro atoms. The van der Waals surface area contributed by atoms with Gasteiger partial charge in [0.25, 0.3) is 0 Å². The van der Waals surface area contributed by atoms with Gasteiger partial charge in [-0.3, -0.25) is 9.97 Å². The van der Waals surface area contributed by atoms with Crippen molar-refractivity contribution in [2.45, 2.75) is 0 Å². The van der Waals surface area contributed by atoms with Crippen LogP contribution in [0.2, 0.25) is 0 Å². The van der Waals surface area contributed by atoms with Gasteiger partial charge in [-0.1, -0.05) is 97.1 Å². The van der Waals surface area contributed by atoms with Crippen molar-refractivity contribution in [2.75, 3.05) is 0 Å². The van der Waals surface area contributed by atoms with Crippen LogP contribution in [0, 0.1) is 11.3 Å². The lowest BCUT2D eigenvalue weighted by Gasteiger charge is -2.18. The van der Waals surface area contributed by atoms with Gasteiger partial charge in [-0.25, -0.2) is 0 Å². The third kappa shape index (κ3) is 4.29. The minimum Gasteiger partial charge on any atom is -0.308 e. The van der Waals surface area contributed by atoms with Gasteiger partial charge in [0.1, 0.15) is 0 Å². The first-order valence-electron chi connectivity index (χ1n) is 15.6. The summed E-state index contributed by atoms with van der Waals surface area (Å²) in [5.41, 5.74) is 10.0. The molecule has 0 N–H and O–H groups in total. The molecule has 0 atom stereocenters. The van der Waals surface area contributed by atoms with Crippen molar-refractivity contribution in [1.29, 1.82) is 5.26 Å². The number of nitriles is 1. The van der Waals surface area contributed by atoms with Crippen LogP contribution in [-0.2, 0) is 0 Å². The van der Waals surface area contributed by atoms with Crippen LogP contribution < -0.4 is 0 Å². The van der Waals surface area contributed by atoms with Gasteiger partial charge in [-0.15, -0.1) is 0 Å². The lowest BCUT2D eigenvalue weighted by Crippen LogP contribution is -1.96. The van der Waals surface area contributed by atoms with Gasteiger partial charge in [0.15, 0.2) is 0 Å². The maximum Gasteiger partial charge on any atom is 0.0992 e. The second-order valence-electron chi connectivity index (χ2n) is 11.8. The van der Waals surface area contributed by atoms with E-state index >= 15 is 0 Å². The normalized spacial score (nSPS) is 11.4. The van der Waals surface area contributed by atoms with Crippen molar-refractivity contribution in [1.82, 2.24) is 14.5 Å². The van der Waals surface area contributed by atoms with E-state index in [4.69, 9.17) is 4.98 Å². The Labute approximate surface area is 271 Å². The third-order valence-corrected chi connectivity index (χ3v) is 9.14. The molecule has 0 saturated heterocycles. The summed E-state index contributed by atoms with van der Waals surface area (Å²) in [5, 5.41) is 17.2. The van der Waals surface area contributed by atoms with E-state index in [0.717, 1.165) is 49.7 Å². The van der Waals surface area contributed by atoms with Crippen molar-refractivity contribution in [3.63, 3.8) is 0 Å². The van der Waals surface area contributed by atoms with Crippen LogP contribution in [0.4, 0.5) is 0 Å². The Morgan fingerprint density at radius 2 is 1.04 bits per heavy atom. The van der Waals surface area contributed by atoms with Crippen molar-refractivity contribution in [2.24, 2.45) is 0 Å². The lowest BCUT2D eigenvalue weighted by molar-refractivity contribution is 1.16. The van der Waals surface area contributed by atoms with Crippen LogP contribution in [0.3, 0.4) is 0 Å². The van der Waals surface area contributed by atoms with Crippen LogP contribution in [0.25, 0.3) is 82.4 Å². The van der Waals surface area contributed by atoms with Crippen molar-refractivity contribution >= 4 is 43.4 Å². The Kier molecular flexibility index (Phi) is 6.16. The molecule has 47 heavy (non-hydrogen) atoms. The Morgan fingerprint density at radius 3 is 1.74 bits per heavy atom. The van der Waals surface area contributed by atoms with Gasteiger partial charge < -0.3 is 4.57 Å². The number of pyridine rings is 2. The predicted octanol–water partition coefficient (Wildman–Crippen LogP) is 10.8. The van der Waals surface area contributed by atoms with Crippen molar-refractivity contribution in [3.8, 4) is 45.1 Å². The molecule has 0 aliphatic rings. The molecule has 218 valence electrons. The summed E-state index contributed by atoms with van der Waals surface area (Å²) >= 11 is 0. The van der Waals surface area contributed by atoms with Gasteiger partial charge in [-0.2, -0.15) is 5.26 Å². The summed E-state index contributed by atoms with van der Waals surface area (Å²) in [6.45, 7) is 0. The summed E-state index contributed by atoms with van der Waals surface area (Å²) in [6, 6.07) is 49.0. The van der Waals surface area contributed by atoms with Crippen molar-refractivity contribution < 1.29 is 0 Å². The first kappa shape index (κ1) is 26.8. The van der Waals surface area contributed by atoms with Crippen LogP contribution in [0.5, 0.6) is 0 Å². The highest BCUT2D eigenvalue weighted by Crippen LogP contribution is 2.44. The Hall–Kier alpha value is -6.57. The van der Waals surface area contributed by atoms with E-state index < -0.39 is 0 Å². The molecular weight excluding hydrogens is 573 g/mol. The van der Waals surface area contributed by atoms with E-state index in [2.05, 4.69) is 125 Å². The van der Waals surface area contributed by atoms with E-state index in [9.17, 15) is 5.26 Å². The highest BCUT2D eigenvalue weighted by Gasteiger charge is 2.18. The summed E-state index contributed by atoms with van der Waals surface area (Å²) < 4.78 is 2.20. The molecule has 0 aliphatic carbocycles. The standard InChI is InChI=1S/C43H26N4/c44-24-28-20-30(23-33(21-28)47-40-17-9-8-12-34(40)35-18-19-45-27-41(35)47)31-22-32(26-46-25-31)43-38-15-6-4-13-36(38)42(29-10-2-1-3-11-29)37-14-5-7-16-39(37)43/h1-23,25-27H. The highest BCUT2D eigenvalue weighted by atomic mass is 15.0. The molecular formula is C43H26N4. The van der Waals surface area contributed by atoms with E-state index in [0.29, 0.717) is 5.56 Å². The number of nitrogens with zero attached hydrogens (tertiary/aromatic N) is 4. The number of para-hydroxylation sites is 1. The molecule has 0 unspecified atom stereocenters. The molecule has 0 radical (unpaired) electrons. The number of hydrogen-bond acceptors (Lipinski definition) is 3. The summed E-state index contributed by atoms with van der Waals surface area (Å²) in [6.07, 6.45) is 7.56. The smallest absolute Gasteiger partial charge is 0.0992 e. The molecule has 3 heterocycles. The summed E-state index contributed by atoms with van der Waals surface area (Å²) in [4.78, 5) is 9.22. The number of aromatic nitrogens is 3. The van der Waals surface area contributed by atoms with Gasteiger partial charge in [0.05, 0.1) is 28.9 Å². The number of rotatable bonds is 4. The maximum absolute atomic E-state index is 10.2. The molecule has 0 bridgehead atoms. The minimum atomic E-state index is 0.584. The second-order valence-corrected chi connectivity index (χ2v) is 11.8. The van der Waals surface area contributed by atoms with E-state index in [1.54, 1.807) is 0 Å². The third-order valence-electron chi connectivity index (χ3n) is 9.14. The number of fused-ring (bicyclic) bond motifs is 5. The largest absolute Gasteiger partial charge is 0.308 e. The molecule has 4 nitrogen and oxygen atoms in total. The first-order valence-corrected chi connectivity index (χ1v) is 15.6. The maximum atomic E-state index is 10.2. The molecule has 9 rings (SSSR count). The monoisotopic (exact) mass is 598 g/mol. The van der Waals surface area contributed by atoms with Gasteiger partial charge in [-0.05, 0) is 80.2 Å². The van der Waals surface area contributed by atoms with E-state index in [1.807, 2.05) is 49.1 Å². The molecule has 0 saturated carbocycles. The topological polar surface area (TPSA) is 54.5 Å². The van der Waals surface area contributed by atoms with Crippen LogP contribution in [0.1, 0.15) is 5.56 Å². The zero-order valence-corrected chi connectivity index (χ0v) is 25.3. The molecule has 3 aromatic heterocycles. The quantitative estimate of drug-likeness (QED) is 0.189. The molecule has 0 aliphatic heterocycles. The average molecular weight is 599 g/mol. The Balaban J connectivity index is 1.28. The zero-order chi connectivity index (χ0) is 31.3. The van der Waals surface area contributed by atoms with Crippen LogP contribution in [0.15, 0.2) is 158 Å². The fourth-order valence-corrected chi connectivity index (χ4v) is 7.16. The fraction of sp³-hybridized carbons (Fsp3) is 0. The summed E-state index contributed by atoms with van der Waals surface area (Å²) in [7, 11) is 0. The number of hydrogen-bond donors (Lipinski definition) is 0. The van der Waals surface area contributed by atoms with Crippen LogP contribution in [-0.4, -0.2) is 14.5 Å². The molecule has 4 heteroatoms. The van der Waals surface area contributed by atoms with Gasteiger partial charge in [0, 0.05) is 46.2 Å². The van der Waals surface area contributed by atoms with E-state index in [1.165, 1.54) is 32.7 Å². The second kappa shape index (κ2) is 10.8. The first-order chi connectivity index (χ1) is 23.3. The fourth-order valence-electron chi connectivity index (χ4n) is 7.16. The van der Waals surface area contributed by atoms with Gasteiger partial charge >= 0.3 is 0 Å². The Bertz CT molecular complexity index is 2590. The molecule has 6 aromatic carbocycles. The minimum absolute atomic E-state index is 0.584. The summed E-state index contributed by atoms with van der Waals surface area (Å²) in [5.74, 6) is 0.